The number of aromatic nitrogens is 1. The average Bonchev–Trinajstić information content (AvgIpc) is 2.62. The number of guanidine groups is 1. The van der Waals surface area contributed by atoms with Crippen LogP contribution in [0.2, 0.25) is 5.15 Å². The number of nitrogens with zero attached hydrogens (tertiary/aromatic N) is 2. The van der Waals surface area contributed by atoms with Gasteiger partial charge in [-0.3, -0.25) is 0 Å². The molecule has 5 nitrogen and oxygen atoms in total. The minimum Gasteiger partial charge on any atom is -0.491 e. The van der Waals surface area contributed by atoms with Crippen molar-refractivity contribution in [2.75, 3.05) is 13.1 Å². The molecule has 2 rings (SSSR count). The molecule has 0 atom stereocenters. The Balaban J connectivity index is 0.00000364. The minimum atomic E-state index is 0. The van der Waals surface area contributed by atoms with E-state index < -0.39 is 0 Å². The van der Waals surface area contributed by atoms with Crippen LogP contribution in [0.4, 0.5) is 0 Å². The summed E-state index contributed by atoms with van der Waals surface area (Å²) in [4.78, 5) is 8.73. The zero-order valence-corrected chi connectivity index (χ0v) is 19.1. The third kappa shape index (κ3) is 9.28. The molecule has 1 aromatic heterocycles. The SMILES string of the molecule is CCNC(=NCc1ccc(OC(C)C)cc1)NCCc1ccc(Cl)nc1.I. The van der Waals surface area contributed by atoms with Crippen LogP contribution < -0.4 is 15.4 Å². The van der Waals surface area contributed by atoms with E-state index in [9.17, 15) is 0 Å². The highest BCUT2D eigenvalue weighted by Crippen LogP contribution is 2.14. The number of halogens is 2. The summed E-state index contributed by atoms with van der Waals surface area (Å²) in [6, 6.07) is 11.9. The molecule has 7 heteroatoms. The fourth-order valence-corrected chi connectivity index (χ4v) is 2.45. The predicted molar refractivity (Wildman–Crippen MR) is 123 cm³/mol. The lowest BCUT2D eigenvalue weighted by Gasteiger charge is -2.12. The maximum Gasteiger partial charge on any atom is 0.191 e. The number of ether oxygens (including phenoxy) is 1. The monoisotopic (exact) mass is 502 g/mol. The Kier molecular flexibility index (Phi) is 11.1. The Bertz CT molecular complexity index is 690. The van der Waals surface area contributed by atoms with Crippen LogP contribution in [0.3, 0.4) is 0 Å². The number of rotatable bonds is 8. The molecule has 0 aliphatic rings. The average molecular weight is 503 g/mol. The van der Waals surface area contributed by atoms with Crippen molar-refractivity contribution in [3.63, 3.8) is 0 Å². The highest BCUT2D eigenvalue weighted by molar-refractivity contribution is 14.0. The van der Waals surface area contributed by atoms with Crippen LogP contribution in [0.25, 0.3) is 0 Å². The number of hydrogen-bond donors (Lipinski definition) is 2. The Morgan fingerprint density at radius 1 is 1.11 bits per heavy atom. The van der Waals surface area contributed by atoms with Crippen molar-refractivity contribution < 1.29 is 4.74 Å². The van der Waals surface area contributed by atoms with Crippen molar-refractivity contribution in [3.8, 4) is 5.75 Å². The first kappa shape index (κ1) is 23.5. The molecule has 0 aliphatic heterocycles. The lowest BCUT2D eigenvalue weighted by molar-refractivity contribution is 0.242. The van der Waals surface area contributed by atoms with E-state index in [0.29, 0.717) is 11.7 Å². The van der Waals surface area contributed by atoms with Crippen molar-refractivity contribution in [3.05, 3.63) is 58.9 Å². The van der Waals surface area contributed by atoms with Gasteiger partial charge in [-0.1, -0.05) is 29.8 Å². The molecule has 0 unspecified atom stereocenters. The molecule has 0 bridgehead atoms. The molecule has 0 saturated carbocycles. The largest absolute Gasteiger partial charge is 0.491 e. The van der Waals surface area contributed by atoms with E-state index in [0.717, 1.165) is 42.3 Å². The molecule has 2 N–H and O–H groups in total. The van der Waals surface area contributed by atoms with Gasteiger partial charge in [0.1, 0.15) is 10.9 Å². The Hall–Kier alpha value is -1.54. The molecule has 1 aromatic carbocycles. The van der Waals surface area contributed by atoms with Crippen molar-refractivity contribution in [1.29, 1.82) is 0 Å². The quantitative estimate of drug-likeness (QED) is 0.243. The van der Waals surface area contributed by atoms with Crippen molar-refractivity contribution >= 4 is 41.5 Å². The number of aliphatic imine (C=N–C) groups is 1. The van der Waals surface area contributed by atoms with E-state index in [2.05, 4.69) is 27.5 Å². The maximum absolute atomic E-state index is 5.81. The highest BCUT2D eigenvalue weighted by atomic mass is 127. The summed E-state index contributed by atoms with van der Waals surface area (Å²) in [6.45, 7) is 8.29. The van der Waals surface area contributed by atoms with Crippen LogP contribution in [0, 0.1) is 0 Å². The van der Waals surface area contributed by atoms with E-state index in [1.54, 1.807) is 6.20 Å². The number of hydrogen-bond acceptors (Lipinski definition) is 3. The minimum absolute atomic E-state index is 0. The fraction of sp³-hybridized carbons (Fsp3) is 0.400. The van der Waals surface area contributed by atoms with Gasteiger partial charge < -0.3 is 15.4 Å². The van der Waals surface area contributed by atoms with Gasteiger partial charge in [-0.25, -0.2) is 9.98 Å². The van der Waals surface area contributed by atoms with Gasteiger partial charge in [-0.05, 0) is 56.5 Å². The van der Waals surface area contributed by atoms with Crippen molar-refractivity contribution in [2.24, 2.45) is 4.99 Å². The van der Waals surface area contributed by atoms with Crippen LogP contribution in [0.5, 0.6) is 5.75 Å². The Morgan fingerprint density at radius 2 is 1.81 bits per heavy atom. The van der Waals surface area contributed by atoms with Gasteiger partial charge in [-0.2, -0.15) is 0 Å². The molecule has 0 aliphatic carbocycles. The van der Waals surface area contributed by atoms with E-state index in [1.807, 2.05) is 50.2 Å². The number of benzene rings is 1. The smallest absolute Gasteiger partial charge is 0.191 e. The van der Waals surface area contributed by atoms with E-state index in [-0.39, 0.29) is 30.1 Å². The summed E-state index contributed by atoms with van der Waals surface area (Å²) in [5.74, 6) is 1.69. The zero-order valence-electron chi connectivity index (χ0n) is 16.0. The number of pyridine rings is 1. The molecule has 0 fully saturated rings. The topological polar surface area (TPSA) is 58.5 Å². The molecular formula is C20H28ClIN4O. The van der Waals surface area contributed by atoms with Crippen LogP contribution in [0.1, 0.15) is 31.9 Å². The van der Waals surface area contributed by atoms with E-state index in [1.165, 1.54) is 0 Å². The molecule has 0 radical (unpaired) electrons. The first-order valence-electron chi connectivity index (χ1n) is 8.95. The van der Waals surface area contributed by atoms with Crippen LogP contribution in [0.15, 0.2) is 47.6 Å². The van der Waals surface area contributed by atoms with Crippen LogP contribution >= 0.6 is 35.6 Å². The summed E-state index contributed by atoms with van der Waals surface area (Å²) in [7, 11) is 0. The normalized spacial score (nSPS) is 11.1. The summed E-state index contributed by atoms with van der Waals surface area (Å²) in [6.07, 6.45) is 2.84. The Labute approximate surface area is 184 Å². The summed E-state index contributed by atoms with van der Waals surface area (Å²) < 4.78 is 5.66. The Morgan fingerprint density at radius 3 is 2.41 bits per heavy atom. The van der Waals surface area contributed by atoms with Gasteiger partial charge in [0.15, 0.2) is 5.96 Å². The lowest BCUT2D eigenvalue weighted by atomic mass is 10.2. The molecular weight excluding hydrogens is 475 g/mol. The van der Waals surface area contributed by atoms with Gasteiger partial charge in [0, 0.05) is 19.3 Å². The summed E-state index contributed by atoms with van der Waals surface area (Å²) in [5, 5.41) is 7.12. The van der Waals surface area contributed by atoms with Gasteiger partial charge in [0.05, 0.1) is 12.6 Å². The van der Waals surface area contributed by atoms with Gasteiger partial charge in [0.25, 0.3) is 0 Å². The fourth-order valence-electron chi connectivity index (χ4n) is 2.34. The zero-order chi connectivity index (χ0) is 18.8. The second kappa shape index (κ2) is 12.8. The summed E-state index contributed by atoms with van der Waals surface area (Å²) in [5.41, 5.74) is 2.28. The number of nitrogens with one attached hydrogen (secondary N) is 2. The molecule has 0 saturated heterocycles. The first-order valence-corrected chi connectivity index (χ1v) is 9.33. The van der Waals surface area contributed by atoms with E-state index in [4.69, 9.17) is 16.3 Å². The van der Waals surface area contributed by atoms with Gasteiger partial charge in [-0.15, -0.1) is 24.0 Å². The standard InChI is InChI=1S/C20H27ClN4O.HI/c1-4-22-20(23-12-11-17-7-10-19(21)24-13-17)25-14-16-5-8-18(9-6-16)26-15(2)3;/h5-10,13,15H,4,11-12,14H2,1-3H3,(H2,22,23,25);1H. The maximum atomic E-state index is 5.81. The van der Waals surface area contributed by atoms with Crippen molar-refractivity contribution in [2.45, 2.75) is 39.8 Å². The van der Waals surface area contributed by atoms with Crippen LogP contribution in [-0.2, 0) is 13.0 Å². The van der Waals surface area contributed by atoms with Crippen LogP contribution in [-0.4, -0.2) is 30.1 Å². The second-order valence-electron chi connectivity index (χ2n) is 6.17. The van der Waals surface area contributed by atoms with Gasteiger partial charge in [0.2, 0.25) is 0 Å². The van der Waals surface area contributed by atoms with E-state index >= 15 is 0 Å². The predicted octanol–water partition coefficient (Wildman–Crippen LogP) is 4.44. The second-order valence-corrected chi connectivity index (χ2v) is 6.56. The van der Waals surface area contributed by atoms with Crippen molar-refractivity contribution in [1.82, 2.24) is 15.6 Å². The highest BCUT2D eigenvalue weighted by Gasteiger charge is 2.01. The van der Waals surface area contributed by atoms with Gasteiger partial charge >= 0.3 is 0 Å². The summed E-state index contributed by atoms with van der Waals surface area (Å²) >= 11 is 5.81. The molecule has 1 heterocycles. The third-order valence-corrected chi connectivity index (χ3v) is 3.78. The first-order chi connectivity index (χ1) is 12.6. The molecule has 0 amide bonds. The lowest BCUT2D eigenvalue weighted by Crippen LogP contribution is -2.38. The molecule has 0 spiro atoms. The molecule has 2 aromatic rings. The third-order valence-electron chi connectivity index (χ3n) is 3.55. The molecule has 27 heavy (non-hydrogen) atoms. The molecule has 148 valence electrons.